The Morgan fingerprint density at radius 3 is 1.35 bits per heavy atom. The van der Waals surface area contributed by atoms with E-state index < -0.39 is 41.7 Å². The second-order valence-corrected chi connectivity index (χ2v) is 4.65. The molecule has 26 heavy (non-hydrogen) atoms. The average Bonchev–Trinajstić information content (AvgIpc) is 2.45. The smallest absolute Gasteiger partial charge is 0.428 e. The molecule has 0 N–H and O–H groups in total. The van der Waals surface area contributed by atoms with Crippen molar-refractivity contribution in [3.63, 3.8) is 0 Å². The first-order valence-electron chi connectivity index (χ1n) is 5.94. The molecule has 0 heterocycles. The van der Waals surface area contributed by atoms with Gasteiger partial charge in [0.15, 0.2) is 0 Å². The van der Waals surface area contributed by atoms with Crippen LogP contribution in [0.25, 0.3) is 0 Å². The average molecular weight is 411 g/mol. The fraction of sp³-hybridized carbons (Fsp3) is 0.500. The third kappa shape index (κ3) is 3.13. The van der Waals surface area contributed by atoms with Gasteiger partial charge in [0.2, 0.25) is 0 Å². The van der Waals surface area contributed by atoms with Crippen LogP contribution in [0.4, 0.5) is 57.1 Å². The molecule has 0 aliphatic heterocycles. The van der Waals surface area contributed by atoms with Crippen molar-refractivity contribution in [2.75, 3.05) is 0 Å². The van der Waals surface area contributed by atoms with Gasteiger partial charge in [-0.15, -0.1) is 0 Å². The van der Waals surface area contributed by atoms with Gasteiger partial charge in [-0.2, -0.15) is 57.1 Å². The van der Waals surface area contributed by atoms with Gasteiger partial charge in [-0.25, -0.2) is 0 Å². The van der Waals surface area contributed by atoms with Gasteiger partial charge >= 0.3 is 36.0 Å². The van der Waals surface area contributed by atoms with Crippen LogP contribution in [0.2, 0.25) is 0 Å². The van der Waals surface area contributed by atoms with Gasteiger partial charge in [0.05, 0.1) is 0 Å². The zero-order chi connectivity index (χ0) is 20.8. The van der Waals surface area contributed by atoms with Crippen molar-refractivity contribution in [2.24, 2.45) is 0 Å². The number of hydrogen-bond donors (Lipinski definition) is 0. The van der Waals surface area contributed by atoms with Crippen molar-refractivity contribution in [3.05, 3.63) is 30.3 Å². The summed E-state index contributed by atoms with van der Waals surface area (Å²) < 4.78 is 169. The predicted octanol–water partition coefficient (Wildman–Crippen LogP) is 5.56. The van der Waals surface area contributed by atoms with E-state index in [4.69, 9.17) is 0 Å². The van der Waals surface area contributed by atoms with E-state index in [9.17, 15) is 57.1 Å². The number of halogens is 13. The molecule has 0 fully saturated rings. The summed E-state index contributed by atoms with van der Waals surface area (Å²) in [5.74, 6) is -32.4. The molecule has 0 aliphatic carbocycles. The van der Waals surface area contributed by atoms with Crippen LogP contribution >= 0.6 is 0 Å². The van der Waals surface area contributed by atoms with Gasteiger partial charge in [-0.3, -0.25) is 0 Å². The third-order valence-corrected chi connectivity index (χ3v) is 2.84. The predicted molar refractivity (Wildman–Crippen MR) is 56.7 cm³/mol. The maximum absolute atomic E-state index is 13.3. The van der Waals surface area contributed by atoms with Crippen LogP contribution in [0.1, 0.15) is 0 Å². The second-order valence-electron chi connectivity index (χ2n) is 4.65. The van der Waals surface area contributed by atoms with Gasteiger partial charge in [-0.1, -0.05) is 12.1 Å². The molecule has 14 heteroatoms. The van der Waals surface area contributed by atoms with Crippen LogP contribution in [0.5, 0.6) is 5.75 Å². The van der Waals surface area contributed by atoms with E-state index in [1.165, 1.54) is 0 Å². The fourth-order valence-electron chi connectivity index (χ4n) is 1.41. The molecular formula is C12H4F13O. The Morgan fingerprint density at radius 2 is 0.962 bits per heavy atom. The summed E-state index contributed by atoms with van der Waals surface area (Å²) in [6.45, 7) is 0. The molecule has 0 saturated heterocycles. The monoisotopic (exact) mass is 411 g/mol. The highest BCUT2D eigenvalue weighted by Crippen LogP contribution is 2.60. The summed E-state index contributed by atoms with van der Waals surface area (Å²) in [5.41, 5.74) is 0. The Balaban J connectivity index is 3.38. The molecule has 0 unspecified atom stereocenters. The molecule has 0 saturated carbocycles. The number of ether oxygens (including phenoxy) is 1. The van der Waals surface area contributed by atoms with E-state index in [1.807, 2.05) is 0 Å². The maximum atomic E-state index is 13.3. The number of benzene rings is 1. The van der Waals surface area contributed by atoms with Crippen molar-refractivity contribution in [1.82, 2.24) is 0 Å². The zero-order valence-electron chi connectivity index (χ0n) is 11.6. The first-order valence-corrected chi connectivity index (χ1v) is 5.94. The lowest BCUT2D eigenvalue weighted by atomic mass is 9.97. The minimum atomic E-state index is -7.95. The van der Waals surface area contributed by atoms with E-state index in [1.54, 1.807) is 0 Å². The normalized spacial score (nSPS) is 15.1. The van der Waals surface area contributed by atoms with E-state index in [0.29, 0.717) is 12.1 Å². The lowest BCUT2D eigenvalue weighted by molar-refractivity contribution is -0.456. The first-order chi connectivity index (χ1) is 11.3. The molecule has 0 aromatic heterocycles. The van der Waals surface area contributed by atoms with Crippen molar-refractivity contribution in [3.8, 4) is 5.75 Å². The van der Waals surface area contributed by atoms with Crippen molar-refractivity contribution < 1.29 is 61.8 Å². The molecule has 1 rings (SSSR count). The van der Waals surface area contributed by atoms with Gasteiger partial charge < -0.3 is 4.74 Å². The molecular weight excluding hydrogens is 407 g/mol. The minimum Gasteiger partial charge on any atom is -0.428 e. The lowest BCUT2D eigenvalue weighted by Gasteiger charge is -2.39. The Hall–Kier alpha value is -1.89. The van der Waals surface area contributed by atoms with Crippen LogP contribution in [-0.4, -0.2) is 36.0 Å². The number of hydrogen-bond acceptors (Lipinski definition) is 1. The van der Waals surface area contributed by atoms with Crippen molar-refractivity contribution in [1.29, 1.82) is 0 Å². The summed E-state index contributed by atoms with van der Waals surface area (Å²) in [4.78, 5) is 0. The Morgan fingerprint density at radius 1 is 0.577 bits per heavy atom. The van der Waals surface area contributed by atoms with Crippen LogP contribution in [0, 0.1) is 6.07 Å². The van der Waals surface area contributed by atoms with Crippen LogP contribution in [0.3, 0.4) is 0 Å². The molecule has 0 spiro atoms. The Labute approximate surface area is 135 Å². The van der Waals surface area contributed by atoms with E-state index in [0.717, 1.165) is 12.1 Å². The summed E-state index contributed by atoms with van der Waals surface area (Å²) >= 11 is 0. The topological polar surface area (TPSA) is 9.23 Å². The molecule has 0 atom stereocenters. The summed E-state index contributed by atoms with van der Waals surface area (Å²) in [6.07, 6.45) is -14.0. The fourth-order valence-corrected chi connectivity index (χ4v) is 1.41. The Bertz CT molecular complexity index is 620. The summed E-state index contributed by atoms with van der Waals surface area (Å²) in [5, 5.41) is 0. The Kier molecular flexibility index (Phi) is 5.18. The van der Waals surface area contributed by atoms with Crippen LogP contribution < -0.4 is 4.74 Å². The van der Waals surface area contributed by atoms with Crippen molar-refractivity contribution in [2.45, 2.75) is 36.0 Å². The third-order valence-electron chi connectivity index (χ3n) is 2.84. The molecule has 0 amide bonds. The number of rotatable bonds is 6. The van der Waals surface area contributed by atoms with Gasteiger partial charge in [0, 0.05) is 0 Å². The quantitative estimate of drug-likeness (QED) is 0.557. The summed E-state index contributed by atoms with van der Waals surface area (Å²) in [7, 11) is 0. The molecule has 0 bridgehead atoms. The highest BCUT2D eigenvalue weighted by Gasteiger charge is 2.91. The van der Waals surface area contributed by atoms with Gasteiger partial charge in [0.1, 0.15) is 5.75 Å². The van der Waals surface area contributed by atoms with Gasteiger partial charge in [0.25, 0.3) is 0 Å². The molecule has 1 nitrogen and oxygen atoms in total. The lowest BCUT2D eigenvalue weighted by Crippen LogP contribution is -2.70. The van der Waals surface area contributed by atoms with E-state index >= 15 is 0 Å². The van der Waals surface area contributed by atoms with E-state index in [-0.39, 0.29) is 0 Å². The highest BCUT2D eigenvalue weighted by atomic mass is 19.4. The largest absolute Gasteiger partial charge is 0.471 e. The molecule has 1 radical (unpaired) electrons. The molecule has 1 aromatic carbocycles. The SMILES string of the molecule is FC(F)(F)C(F)(F)C(F)(F)C(F)(F)C(F)(F)C(F)(F)Oc1cc[c]cc1. The van der Waals surface area contributed by atoms with Crippen molar-refractivity contribution >= 4 is 0 Å². The molecule has 149 valence electrons. The molecule has 0 aliphatic rings. The number of alkyl halides is 13. The van der Waals surface area contributed by atoms with E-state index in [2.05, 4.69) is 10.8 Å². The first kappa shape index (κ1) is 22.2. The van der Waals surface area contributed by atoms with Crippen LogP contribution in [0.15, 0.2) is 24.3 Å². The molecule has 1 aromatic rings. The maximum Gasteiger partial charge on any atom is 0.471 e. The van der Waals surface area contributed by atoms with Gasteiger partial charge in [-0.05, 0) is 18.2 Å². The second kappa shape index (κ2) is 6.08. The standard InChI is InChI=1S/C12H4F13O/c13-7(14,9(17,18)11(21,22)23)8(15,16)10(19,20)12(24,25)26-6-4-2-1-3-5-6/h2-5H. The van der Waals surface area contributed by atoms with Crippen LogP contribution in [-0.2, 0) is 0 Å². The minimum absolute atomic E-state index is 0.421. The highest BCUT2D eigenvalue weighted by molar-refractivity contribution is 5.21. The summed E-state index contributed by atoms with van der Waals surface area (Å²) in [6, 6.07) is 4.45. The zero-order valence-corrected chi connectivity index (χ0v) is 11.6.